The van der Waals surface area contributed by atoms with Crippen LogP contribution in [0.25, 0.3) is 0 Å². The van der Waals surface area contributed by atoms with Crippen molar-refractivity contribution in [2.75, 3.05) is 0 Å². The first-order valence-corrected chi connectivity index (χ1v) is 8.28. The van der Waals surface area contributed by atoms with E-state index in [9.17, 15) is 0 Å². The van der Waals surface area contributed by atoms with E-state index in [2.05, 4.69) is 57.8 Å². The lowest BCUT2D eigenvalue weighted by Crippen LogP contribution is -2.45. The molecule has 4 heteroatoms. The molecule has 0 bridgehead atoms. The normalized spacial score (nSPS) is 17.5. The molecule has 1 atom stereocenters. The summed E-state index contributed by atoms with van der Waals surface area (Å²) in [4.78, 5) is 0. The van der Waals surface area contributed by atoms with Gasteiger partial charge in [-0.1, -0.05) is 63.9 Å². The summed E-state index contributed by atoms with van der Waals surface area (Å²) in [6.45, 7) is 0. The van der Waals surface area contributed by atoms with Crippen molar-refractivity contribution in [2.45, 2.75) is 30.7 Å². The number of hydrogen-bond donors (Lipinski definition) is 2. The van der Waals surface area contributed by atoms with E-state index >= 15 is 0 Å². The molecular formula is C17H18BrClN2. The third-order valence-electron chi connectivity index (χ3n) is 4.44. The van der Waals surface area contributed by atoms with Crippen LogP contribution in [0, 0.1) is 0 Å². The fraction of sp³-hybridized carbons (Fsp3) is 0.294. The van der Waals surface area contributed by atoms with Crippen molar-refractivity contribution in [1.29, 1.82) is 0 Å². The number of hydrogen-bond acceptors (Lipinski definition) is 2. The van der Waals surface area contributed by atoms with Gasteiger partial charge in [-0.15, -0.1) is 0 Å². The summed E-state index contributed by atoms with van der Waals surface area (Å²) in [5, 5.41) is 0.786. The van der Waals surface area contributed by atoms with Gasteiger partial charge in [-0.3, -0.25) is 11.3 Å². The standard InChI is InChI=1S/C17H18BrClN2/c18-14-7-6-12(15(19)11-14)10-16(21-20)17(8-9-17)13-4-2-1-3-5-13/h1-7,11,16,21H,8-10,20H2. The van der Waals surface area contributed by atoms with E-state index in [1.54, 1.807) is 0 Å². The Bertz CT molecular complexity index is 626. The van der Waals surface area contributed by atoms with Gasteiger partial charge in [0, 0.05) is 21.0 Å². The van der Waals surface area contributed by atoms with Crippen molar-refractivity contribution < 1.29 is 0 Å². The highest BCUT2D eigenvalue weighted by Crippen LogP contribution is 2.51. The van der Waals surface area contributed by atoms with Crippen LogP contribution in [0.2, 0.25) is 5.02 Å². The first-order chi connectivity index (χ1) is 10.2. The van der Waals surface area contributed by atoms with E-state index in [-0.39, 0.29) is 11.5 Å². The second-order valence-corrected chi connectivity index (χ2v) is 7.00. The van der Waals surface area contributed by atoms with Crippen molar-refractivity contribution in [2.24, 2.45) is 5.84 Å². The fourth-order valence-corrected chi connectivity index (χ4v) is 3.81. The van der Waals surface area contributed by atoms with Crippen LogP contribution in [-0.4, -0.2) is 6.04 Å². The zero-order valence-corrected chi connectivity index (χ0v) is 14.0. The Morgan fingerprint density at radius 1 is 1.19 bits per heavy atom. The lowest BCUT2D eigenvalue weighted by Gasteiger charge is -2.27. The molecule has 1 aliphatic carbocycles. The predicted octanol–water partition coefficient (Wildman–Crippen LogP) is 4.21. The Kier molecular flexibility index (Phi) is 4.36. The minimum Gasteiger partial charge on any atom is -0.271 e. The molecule has 1 saturated carbocycles. The maximum Gasteiger partial charge on any atom is 0.0449 e. The van der Waals surface area contributed by atoms with Gasteiger partial charge in [-0.2, -0.15) is 0 Å². The molecule has 2 aromatic rings. The first-order valence-electron chi connectivity index (χ1n) is 7.11. The van der Waals surface area contributed by atoms with Gasteiger partial charge in [0.15, 0.2) is 0 Å². The van der Waals surface area contributed by atoms with Gasteiger partial charge < -0.3 is 0 Å². The Labute approximate surface area is 138 Å². The molecule has 1 aliphatic rings. The van der Waals surface area contributed by atoms with Gasteiger partial charge in [0.25, 0.3) is 0 Å². The van der Waals surface area contributed by atoms with Crippen LogP contribution in [0.15, 0.2) is 53.0 Å². The molecule has 0 radical (unpaired) electrons. The molecule has 110 valence electrons. The minimum absolute atomic E-state index is 0.145. The fourth-order valence-electron chi connectivity index (χ4n) is 3.06. The van der Waals surface area contributed by atoms with Gasteiger partial charge in [-0.25, -0.2) is 0 Å². The van der Waals surface area contributed by atoms with Gasteiger partial charge in [0.05, 0.1) is 0 Å². The quantitative estimate of drug-likeness (QED) is 0.615. The molecule has 0 aromatic heterocycles. The van der Waals surface area contributed by atoms with E-state index in [1.807, 2.05) is 12.1 Å². The van der Waals surface area contributed by atoms with E-state index in [4.69, 9.17) is 17.4 Å². The molecule has 2 nitrogen and oxygen atoms in total. The number of halogens is 2. The molecule has 3 rings (SSSR count). The average molecular weight is 366 g/mol. The summed E-state index contributed by atoms with van der Waals surface area (Å²) in [5.41, 5.74) is 5.66. The molecular weight excluding hydrogens is 348 g/mol. The zero-order valence-electron chi connectivity index (χ0n) is 11.7. The van der Waals surface area contributed by atoms with Crippen LogP contribution >= 0.6 is 27.5 Å². The molecule has 1 fully saturated rings. The van der Waals surface area contributed by atoms with Crippen LogP contribution in [0.3, 0.4) is 0 Å². The maximum absolute atomic E-state index is 6.35. The van der Waals surface area contributed by atoms with Gasteiger partial charge in [-0.05, 0) is 42.5 Å². The van der Waals surface area contributed by atoms with Gasteiger partial charge >= 0.3 is 0 Å². The third kappa shape index (κ3) is 3.02. The van der Waals surface area contributed by atoms with Crippen LogP contribution in [0.4, 0.5) is 0 Å². The molecule has 0 spiro atoms. The van der Waals surface area contributed by atoms with Crippen LogP contribution in [-0.2, 0) is 11.8 Å². The van der Waals surface area contributed by atoms with E-state index in [1.165, 1.54) is 18.4 Å². The lowest BCUT2D eigenvalue weighted by atomic mass is 9.85. The summed E-state index contributed by atoms with van der Waals surface area (Å²) in [5.74, 6) is 5.86. The second kappa shape index (κ2) is 6.09. The summed E-state index contributed by atoms with van der Waals surface area (Å²) < 4.78 is 0.998. The number of hydrazine groups is 1. The van der Waals surface area contributed by atoms with Crippen LogP contribution in [0.1, 0.15) is 24.0 Å². The molecule has 3 N–H and O–H groups in total. The molecule has 21 heavy (non-hydrogen) atoms. The summed E-state index contributed by atoms with van der Waals surface area (Å²) in [6.07, 6.45) is 3.16. The van der Waals surface area contributed by atoms with Crippen molar-refractivity contribution in [3.8, 4) is 0 Å². The highest BCUT2D eigenvalue weighted by Gasteiger charge is 2.50. The molecule has 1 unspecified atom stereocenters. The van der Waals surface area contributed by atoms with Gasteiger partial charge in [0.1, 0.15) is 0 Å². The van der Waals surface area contributed by atoms with E-state index < -0.39 is 0 Å². The van der Waals surface area contributed by atoms with E-state index in [0.29, 0.717) is 0 Å². The highest BCUT2D eigenvalue weighted by atomic mass is 79.9. The monoisotopic (exact) mass is 364 g/mol. The Morgan fingerprint density at radius 3 is 2.48 bits per heavy atom. The smallest absolute Gasteiger partial charge is 0.0449 e. The third-order valence-corrected chi connectivity index (χ3v) is 5.29. The molecule has 0 aliphatic heterocycles. The average Bonchev–Trinajstić information content (AvgIpc) is 3.29. The number of nitrogens with one attached hydrogen (secondary N) is 1. The number of rotatable bonds is 5. The number of benzene rings is 2. The van der Waals surface area contributed by atoms with Gasteiger partial charge in [0.2, 0.25) is 0 Å². The predicted molar refractivity (Wildman–Crippen MR) is 91.3 cm³/mol. The summed E-state index contributed by atoms with van der Waals surface area (Å²) in [6, 6.07) is 16.8. The van der Waals surface area contributed by atoms with Crippen LogP contribution < -0.4 is 11.3 Å². The zero-order chi connectivity index (χ0) is 14.9. The van der Waals surface area contributed by atoms with Crippen molar-refractivity contribution in [1.82, 2.24) is 5.43 Å². The Morgan fingerprint density at radius 2 is 1.90 bits per heavy atom. The van der Waals surface area contributed by atoms with Crippen LogP contribution in [0.5, 0.6) is 0 Å². The van der Waals surface area contributed by atoms with E-state index in [0.717, 1.165) is 21.5 Å². The minimum atomic E-state index is 0.145. The lowest BCUT2D eigenvalue weighted by molar-refractivity contribution is 0.421. The maximum atomic E-state index is 6.35. The summed E-state index contributed by atoms with van der Waals surface area (Å²) in [7, 11) is 0. The topological polar surface area (TPSA) is 38.0 Å². The SMILES string of the molecule is NNC(Cc1ccc(Br)cc1Cl)C1(c2ccccc2)CC1. The second-order valence-electron chi connectivity index (χ2n) is 5.68. The Hall–Kier alpha value is -0.870. The molecule has 2 aromatic carbocycles. The van der Waals surface area contributed by atoms with Crippen molar-refractivity contribution >= 4 is 27.5 Å². The highest BCUT2D eigenvalue weighted by molar-refractivity contribution is 9.10. The first kappa shape index (κ1) is 15.0. The van der Waals surface area contributed by atoms with Crippen molar-refractivity contribution in [3.63, 3.8) is 0 Å². The molecule has 0 amide bonds. The molecule has 0 heterocycles. The largest absolute Gasteiger partial charge is 0.271 e. The summed E-state index contributed by atoms with van der Waals surface area (Å²) >= 11 is 9.79. The molecule has 0 saturated heterocycles. The van der Waals surface area contributed by atoms with Crippen molar-refractivity contribution in [3.05, 3.63) is 69.2 Å². The number of nitrogens with two attached hydrogens (primary N) is 1. The Balaban J connectivity index is 1.86.